The molecule has 9 heteroatoms. The molecule has 2 aromatic heterocycles. The normalized spacial score (nSPS) is 13.7. The molecule has 130 valence electrons. The number of aromatic hydroxyl groups is 1. The molecule has 0 aromatic carbocycles. The fourth-order valence-electron chi connectivity index (χ4n) is 2.82. The van der Waals surface area contributed by atoms with Gasteiger partial charge in [-0.25, -0.2) is 0 Å². The topological polar surface area (TPSA) is 134 Å². The summed E-state index contributed by atoms with van der Waals surface area (Å²) in [5.74, 6) is -2.75. The van der Waals surface area contributed by atoms with Crippen LogP contribution in [0.1, 0.15) is 35.3 Å². The molecule has 0 unspecified atom stereocenters. The second kappa shape index (κ2) is 6.34. The van der Waals surface area contributed by atoms with Crippen LogP contribution in [0, 0.1) is 0 Å². The number of nitrogens with zero attached hydrogens (tertiary/aromatic N) is 3. The van der Waals surface area contributed by atoms with E-state index in [9.17, 15) is 19.5 Å². The highest BCUT2D eigenvalue weighted by atomic mass is 16.4. The van der Waals surface area contributed by atoms with Crippen molar-refractivity contribution < 1.29 is 19.8 Å². The molecule has 0 atom stereocenters. The number of hydrogen-bond donors (Lipinski definition) is 3. The molecular weight excluding hydrogens is 328 g/mol. The monoisotopic (exact) mass is 344 g/mol. The van der Waals surface area contributed by atoms with Crippen molar-refractivity contribution in [1.82, 2.24) is 20.1 Å². The van der Waals surface area contributed by atoms with Crippen LogP contribution in [0.3, 0.4) is 0 Å². The summed E-state index contributed by atoms with van der Waals surface area (Å²) in [6, 6.07) is 1.59. The first-order valence-corrected chi connectivity index (χ1v) is 7.69. The lowest BCUT2D eigenvalue weighted by molar-refractivity contribution is -0.135. The Bertz CT molecular complexity index is 977. The third-order valence-electron chi connectivity index (χ3n) is 4.10. The summed E-state index contributed by atoms with van der Waals surface area (Å²) in [5, 5.41) is 29.5. The highest BCUT2D eigenvalue weighted by Crippen LogP contribution is 2.30. The van der Waals surface area contributed by atoms with E-state index in [1.54, 1.807) is 6.07 Å². The van der Waals surface area contributed by atoms with Crippen LogP contribution in [-0.4, -0.2) is 43.4 Å². The molecule has 1 amide bonds. The molecule has 2 heterocycles. The molecule has 0 fully saturated rings. The van der Waals surface area contributed by atoms with Crippen LogP contribution in [0.4, 0.5) is 0 Å². The van der Waals surface area contributed by atoms with Gasteiger partial charge in [0.25, 0.3) is 11.5 Å². The molecule has 0 bridgehead atoms. The third-order valence-corrected chi connectivity index (χ3v) is 4.10. The highest BCUT2D eigenvalue weighted by Gasteiger charge is 2.23. The number of aliphatic carboxylic acids is 1. The first-order chi connectivity index (χ1) is 11.9. The van der Waals surface area contributed by atoms with Gasteiger partial charge in [0.2, 0.25) is 0 Å². The molecule has 3 N–H and O–H groups in total. The third kappa shape index (κ3) is 2.95. The average Bonchev–Trinajstić information content (AvgIpc) is 3.12. The lowest BCUT2D eigenvalue weighted by Gasteiger charge is -2.11. The van der Waals surface area contributed by atoms with E-state index in [4.69, 9.17) is 5.11 Å². The molecular formula is C16H16N4O5. The van der Waals surface area contributed by atoms with Gasteiger partial charge in [-0.05, 0) is 30.9 Å². The van der Waals surface area contributed by atoms with Crippen molar-refractivity contribution in [3.63, 3.8) is 0 Å². The van der Waals surface area contributed by atoms with Crippen molar-refractivity contribution in [2.24, 2.45) is 7.05 Å². The molecule has 0 spiro atoms. The summed E-state index contributed by atoms with van der Waals surface area (Å²) in [5.41, 5.74) is 0.417. The number of nitrogens with one attached hydrogen (secondary N) is 1. The van der Waals surface area contributed by atoms with Gasteiger partial charge in [-0.3, -0.25) is 19.0 Å². The highest BCUT2D eigenvalue weighted by molar-refractivity contribution is 6.02. The van der Waals surface area contributed by atoms with Crippen molar-refractivity contribution in [3.8, 4) is 5.75 Å². The number of allylic oxidation sites excluding steroid dienone is 2. The summed E-state index contributed by atoms with van der Waals surface area (Å²) < 4.78 is 1.10. The summed E-state index contributed by atoms with van der Waals surface area (Å²) >= 11 is 0. The fraction of sp³-hybridized carbons (Fsp3) is 0.312. The molecule has 0 radical (unpaired) electrons. The zero-order valence-corrected chi connectivity index (χ0v) is 13.4. The van der Waals surface area contributed by atoms with Crippen molar-refractivity contribution in [2.45, 2.75) is 19.3 Å². The molecule has 1 aliphatic rings. The Balaban J connectivity index is 2.15. The average molecular weight is 344 g/mol. The molecule has 3 rings (SSSR count). The van der Waals surface area contributed by atoms with E-state index in [0.29, 0.717) is 5.69 Å². The number of carbonyl (C=O) groups excluding carboxylic acids is 1. The van der Waals surface area contributed by atoms with Crippen LogP contribution >= 0.6 is 0 Å². The van der Waals surface area contributed by atoms with Crippen LogP contribution in [0.5, 0.6) is 5.75 Å². The summed E-state index contributed by atoms with van der Waals surface area (Å²) in [4.78, 5) is 35.1. The number of pyridine rings is 1. The molecule has 25 heavy (non-hydrogen) atoms. The summed E-state index contributed by atoms with van der Waals surface area (Å²) in [6.07, 6.45) is 4.84. The number of rotatable bonds is 4. The van der Waals surface area contributed by atoms with E-state index >= 15 is 0 Å². The predicted molar refractivity (Wildman–Crippen MR) is 88.2 cm³/mol. The number of carboxylic acid groups (broad SMARTS) is 1. The standard InChI is InChI=1S/C16H16N4O5/c1-20-14-9(6-10(18-19-14)8-4-2-3-5-8)13(23)12(16(20)25)15(24)17-7-11(21)22/h4,6,23H,2-3,5,7H2,1H3,(H,17,24)(H,21,22). The van der Waals surface area contributed by atoms with Gasteiger partial charge in [0.15, 0.2) is 5.65 Å². The van der Waals surface area contributed by atoms with Gasteiger partial charge < -0.3 is 15.5 Å². The van der Waals surface area contributed by atoms with Gasteiger partial charge in [-0.1, -0.05) is 6.08 Å². The van der Waals surface area contributed by atoms with Crippen LogP contribution in [0.15, 0.2) is 16.9 Å². The van der Waals surface area contributed by atoms with Crippen molar-refractivity contribution in [2.75, 3.05) is 6.54 Å². The second-order valence-electron chi connectivity index (χ2n) is 5.75. The van der Waals surface area contributed by atoms with Gasteiger partial charge >= 0.3 is 5.97 Å². The number of hydrogen-bond acceptors (Lipinski definition) is 6. The SMILES string of the molecule is Cn1c(=O)c(C(=O)NCC(=O)O)c(O)c2cc(C3=CCCC3)nnc21. The minimum Gasteiger partial charge on any atom is -0.506 e. The first kappa shape index (κ1) is 16.6. The number of amides is 1. The van der Waals surface area contributed by atoms with E-state index in [-0.39, 0.29) is 11.0 Å². The quantitative estimate of drug-likeness (QED) is 0.731. The predicted octanol–water partition coefficient (Wildman–Crippen LogP) is 0.416. The zero-order valence-electron chi connectivity index (χ0n) is 13.4. The van der Waals surface area contributed by atoms with E-state index < -0.39 is 35.3 Å². The maximum atomic E-state index is 12.3. The summed E-state index contributed by atoms with van der Waals surface area (Å²) in [7, 11) is 1.40. The van der Waals surface area contributed by atoms with E-state index in [1.807, 2.05) is 6.08 Å². The van der Waals surface area contributed by atoms with Crippen LogP contribution in [0.2, 0.25) is 0 Å². The zero-order chi connectivity index (χ0) is 18.1. The number of aryl methyl sites for hydroxylation is 1. The maximum Gasteiger partial charge on any atom is 0.322 e. The van der Waals surface area contributed by atoms with Gasteiger partial charge in [0.05, 0.1) is 11.1 Å². The van der Waals surface area contributed by atoms with E-state index in [1.165, 1.54) is 7.05 Å². The minimum absolute atomic E-state index is 0.139. The number of carboxylic acids is 1. The Labute approximate surface area is 141 Å². The number of carbonyl (C=O) groups is 2. The van der Waals surface area contributed by atoms with Gasteiger partial charge in [-0.15, -0.1) is 10.2 Å². The Hall–Kier alpha value is -3.23. The van der Waals surface area contributed by atoms with Gasteiger partial charge in [0.1, 0.15) is 17.9 Å². The molecule has 1 aliphatic carbocycles. The first-order valence-electron chi connectivity index (χ1n) is 7.69. The maximum absolute atomic E-state index is 12.3. The van der Waals surface area contributed by atoms with E-state index in [0.717, 1.165) is 29.4 Å². The van der Waals surface area contributed by atoms with Crippen LogP contribution < -0.4 is 10.9 Å². The molecule has 0 saturated heterocycles. The Morgan fingerprint density at radius 1 is 1.36 bits per heavy atom. The minimum atomic E-state index is -1.26. The Morgan fingerprint density at radius 3 is 2.76 bits per heavy atom. The Kier molecular flexibility index (Phi) is 4.22. The molecule has 0 aliphatic heterocycles. The lowest BCUT2D eigenvalue weighted by Crippen LogP contribution is -2.35. The van der Waals surface area contributed by atoms with Crippen LogP contribution in [0.25, 0.3) is 16.6 Å². The molecule has 0 saturated carbocycles. The smallest absolute Gasteiger partial charge is 0.322 e. The van der Waals surface area contributed by atoms with E-state index in [2.05, 4.69) is 15.5 Å². The van der Waals surface area contributed by atoms with Crippen molar-refractivity contribution in [1.29, 1.82) is 0 Å². The van der Waals surface area contributed by atoms with Crippen molar-refractivity contribution in [3.05, 3.63) is 33.8 Å². The molecule has 9 nitrogen and oxygen atoms in total. The lowest BCUT2D eigenvalue weighted by atomic mass is 10.1. The van der Waals surface area contributed by atoms with Gasteiger partial charge in [0, 0.05) is 7.05 Å². The van der Waals surface area contributed by atoms with Gasteiger partial charge in [-0.2, -0.15) is 0 Å². The fourth-order valence-corrected chi connectivity index (χ4v) is 2.82. The number of aromatic nitrogens is 3. The molecule has 2 aromatic rings. The summed E-state index contributed by atoms with van der Waals surface area (Å²) in [6.45, 7) is -0.661. The number of fused-ring (bicyclic) bond motifs is 1. The largest absolute Gasteiger partial charge is 0.506 e. The van der Waals surface area contributed by atoms with Crippen LogP contribution in [-0.2, 0) is 11.8 Å². The second-order valence-corrected chi connectivity index (χ2v) is 5.75. The van der Waals surface area contributed by atoms with Crippen molar-refractivity contribution >= 4 is 28.5 Å². The Morgan fingerprint density at radius 2 is 2.12 bits per heavy atom.